The largest absolute Gasteiger partial charge is 0.418 e. The lowest BCUT2D eigenvalue weighted by molar-refractivity contribution is -0.136. The van der Waals surface area contributed by atoms with Crippen molar-refractivity contribution in [2.24, 2.45) is 5.92 Å². The van der Waals surface area contributed by atoms with Gasteiger partial charge in [0, 0.05) is 19.5 Å². The van der Waals surface area contributed by atoms with Crippen molar-refractivity contribution in [1.82, 2.24) is 4.90 Å². The van der Waals surface area contributed by atoms with Crippen LogP contribution in [0.3, 0.4) is 0 Å². The molecule has 4 nitrogen and oxygen atoms in total. The molecule has 1 aromatic rings. The van der Waals surface area contributed by atoms with Crippen molar-refractivity contribution in [1.29, 1.82) is 0 Å². The van der Waals surface area contributed by atoms with Crippen LogP contribution in [0.15, 0.2) is 24.3 Å². The van der Waals surface area contributed by atoms with Crippen LogP contribution in [0.2, 0.25) is 0 Å². The third-order valence-corrected chi connectivity index (χ3v) is 3.95. The molecule has 2 unspecified atom stereocenters. The molecule has 1 saturated carbocycles. The maximum Gasteiger partial charge on any atom is 0.418 e. The molecule has 7 heteroatoms. The van der Waals surface area contributed by atoms with Gasteiger partial charge in [-0.3, -0.25) is 0 Å². The minimum absolute atomic E-state index is 0.0198. The Morgan fingerprint density at radius 3 is 2.64 bits per heavy atom. The summed E-state index contributed by atoms with van der Waals surface area (Å²) in [6.45, 7) is 0.321. The van der Waals surface area contributed by atoms with Crippen molar-refractivity contribution < 1.29 is 23.1 Å². The van der Waals surface area contributed by atoms with Gasteiger partial charge in [-0.1, -0.05) is 18.6 Å². The number of benzene rings is 1. The molecule has 0 spiro atoms. The second kappa shape index (κ2) is 6.56. The molecule has 2 rings (SSSR count). The maximum atomic E-state index is 12.9. The summed E-state index contributed by atoms with van der Waals surface area (Å²) in [4.78, 5) is 13.4. The number of carbonyl (C=O) groups excluding carboxylic acids is 1. The second-order valence-electron chi connectivity index (χ2n) is 5.61. The van der Waals surface area contributed by atoms with E-state index >= 15 is 0 Å². The number of aliphatic hydroxyl groups is 1. The Bertz CT molecular complexity index is 534. The third kappa shape index (κ3) is 3.91. The first kappa shape index (κ1) is 16.6. The Balaban J connectivity index is 2.03. The van der Waals surface area contributed by atoms with Gasteiger partial charge in [0.1, 0.15) is 0 Å². The fraction of sp³-hybridized carbons (Fsp3) is 0.533. The highest BCUT2D eigenvalue weighted by Gasteiger charge is 2.34. The van der Waals surface area contributed by atoms with Crippen molar-refractivity contribution in [2.75, 3.05) is 18.9 Å². The lowest BCUT2D eigenvalue weighted by Gasteiger charge is -2.24. The van der Waals surface area contributed by atoms with Crippen molar-refractivity contribution in [3.05, 3.63) is 29.8 Å². The quantitative estimate of drug-likeness (QED) is 0.899. The first-order chi connectivity index (χ1) is 10.3. The standard InChI is InChI=1S/C15H19F3N2O2/c1-20(9-10-5-4-8-13(10)21)14(22)19-12-7-3-2-6-11(12)15(16,17)18/h2-3,6-7,10,13,21H,4-5,8-9H2,1H3,(H,19,22). The Hall–Kier alpha value is -1.76. The number of rotatable bonds is 3. The number of urea groups is 1. The van der Waals surface area contributed by atoms with Gasteiger partial charge in [0.25, 0.3) is 0 Å². The van der Waals surface area contributed by atoms with Gasteiger partial charge in [-0.15, -0.1) is 0 Å². The number of nitrogens with one attached hydrogen (secondary N) is 1. The van der Waals surface area contributed by atoms with Crippen LogP contribution in [0, 0.1) is 5.92 Å². The molecule has 0 saturated heterocycles. The number of anilines is 1. The van der Waals surface area contributed by atoms with Gasteiger partial charge in [0.15, 0.2) is 0 Å². The van der Waals surface area contributed by atoms with Crippen molar-refractivity contribution in [3.63, 3.8) is 0 Å². The lowest BCUT2D eigenvalue weighted by Crippen LogP contribution is -2.37. The van der Waals surface area contributed by atoms with Gasteiger partial charge in [-0.25, -0.2) is 4.79 Å². The van der Waals surface area contributed by atoms with Crippen molar-refractivity contribution in [3.8, 4) is 0 Å². The van der Waals surface area contributed by atoms with E-state index in [0.29, 0.717) is 13.0 Å². The SMILES string of the molecule is CN(CC1CCCC1O)C(=O)Nc1ccccc1C(F)(F)F. The topological polar surface area (TPSA) is 52.6 Å². The minimum atomic E-state index is -4.52. The predicted octanol–water partition coefficient (Wildman–Crippen LogP) is 3.33. The van der Waals surface area contributed by atoms with E-state index in [2.05, 4.69) is 5.32 Å². The van der Waals surface area contributed by atoms with Crippen LogP contribution in [-0.2, 0) is 6.18 Å². The number of hydrogen-bond donors (Lipinski definition) is 2. The molecule has 0 aromatic heterocycles. The molecule has 0 heterocycles. The summed E-state index contributed by atoms with van der Waals surface area (Å²) in [7, 11) is 1.51. The summed E-state index contributed by atoms with van der Waals surface area (Å²) >= 11 is 0. The van der Waals surface area contributed by atoms with Gasteiger partial charge in [0.2, 0.25) is 0 Å². The van der Waals surface area contributed by atoms with E-state index in [-0.39, 0.29) is 11.6 Å². The Kier molecular flexibility index (Phi) is 4.95. The van der Waals surface area contributed by atoms with Gasteiger partial charge in [0.05, 0.1) is 17.4 Å². The number of halogens is 3. The number of hydrogen-bond acceptors (Lipinski definition) is 2. The Morgan fingerprint density at radius 1 is 1.36 bits per heavy atom. The fourth-order valence-corrected chi connectivity index (χ4v) is 2.71. The molecule has 1 aliphatic carbocycles. The second-order valence-corrected chi connectivity index (χ2v) is 5.61. The fourth-order valence-electron chi connectivity index (χ4n) is 2.71. The highest BCUT2D eigenvalue weighted by molar-refractivity contribution is 5.90. The van der Waals surface area contributed by atoms with Crippen LogP contribution >= 0.6 is 0 Å². The summed E-state index contributed by atoms with van der Waals surface area (Å²) in [6, 6.07) is 4.24. The zero-order valence-electron chi connectivity index (χ0n) is 12.2. The zero-order valence-corrected chi connectivity index (χ0v) is 12.2. The Labute approximate surface area is 126 Å². The monoisotopic (exact) mass is 316 g/mol. The summed E-state index contributed by atoms with van der Waals surface area (Å²) in [5.74, 6) is -0.0198. The van der Waals surface area contributed by atoms with Crippen LogP contribution in [0.4, 0.5) is 23.7 Å². The highest BCUT2D eigenvalue weighted by atomic mass is 19.4. The van der Waals surface area contributed by atoms with Gasteiger partial charge in [-0.05, 0) is 25.0 Å². The molecule has 1 fully saturated rings. The molecule has 1 aliphatic rings. The van der Waals surface area contributed by atoms with Gasteiger partial charge in [-0.2, -0.15) is 13.2 Å². The predicted molar refractivity (Wildman–Crippen MR) is 76.4 cm³/mol. The average Bonchev–Trinajstić information content (AvgIpc) is 2.83. The van der Waals surface area contributed by atoms with Crippen LogP contribution in [-0.4, -0.2) is 35.7 Å². The molecule has 0 bridgehead atoms. The normalized spacial score (nSPS) is 21.7. The highest BCUT2D eigenvalue weighted by Crippen LogP contribution is 2.34. The number of aliphatic hydroxyl groups excluding tert-OH is 1. The van der Waals surface area contributed by atoms with Gasteiger partial charge < -0.3 is 15.3 Å². The first-order valence-corrected chi connectivity index (χ1v) is 7.15. The molecule has 122 valence electrons. The molecule has 0 radical (unpaired) electrons. The van der Waals surface area contributed by atoms with Crippen molar-refractivity contribution in [2.45, 2.75) is 31.5 Å². The molecule has 2 amide bonds. The summed E-state index contributed by atoms with van der Waals surface area (Å²) in [5, 5.41) is 12.0. The molecule has 2 N–H and O–H groups in total. The van der Waals surface area contributed by atoms with E-state index in [9.17, 15) is 23.1 Å². The van der Waals surface area contributed by atoms with Crippen LogP contribution in [0.5, 0.6) is 0 Å². The number of nitrogens with zero attached hydrogens (tertiary/aromatic N) is 1. The van der Waals surface area contributed by atoms with Crippen LogP contribution in [0.1, 0.15) is 24.8 Å². The van der Waals surface area contributed by atoms with E-state index in [0.717, 1.165) is 18.9 Å². The first-order valence-electron chi connectivity index (χ1n) is 7.15. The van der Waals surface area contributed by atoms with E-state index in [1.807, 2.05) is 0 Å². The van der Waals surface area contributed by atoms with Crippen molar-refractivity contribution >= 4 is 11.7 Å². The maximum absolute atomic E-state index is 12.9. The average molecular weight is 316 g/mol. The lowest BCUT2D eigenvalue weighted by atomic mass is 10.1. The number of para-hydroxylation sites is 1. The molecule has 2 atom stereocenters. The number of amides is 2. The summed E-state index contributed by atoms with van der Waals surface area (Å²) in [5.41, 5.74) is -1.14. The summed E-state index contributed by atoms with van der Waals surface area (Å²) in [6.07, 6.45) is -2.55. The van der Waals surface area contributed by atoms with E-state index in [4.69, 9.17) is 0 Å². The Morgan fingerprint density at radius 2 is 2.05 bits per heavy atom. The zero-order chi connectivity index (χ0) is 16.3. The van der Waals surface area contributed by atoms with Crippen LogP contribution in [0.25, 0.3) is 0 Å². The summed E-state index contributed by atoms with van der Waals surface area (Å²) < 4.78 is 38.6. The smallest absolute Gasteiger partial charge is 0.393 e. The number of carbonyl (C=O) groups is 1. The molecular weight excluding hydrogens is 297 g/mol. The molecule has 22 heavy (non-hydrogen) atoms. The van der Waals surface area contributed by atoms with E-state index in [1.54, 1.807) is 0 Å². The molecular formula is C15H19F3N2O2. The minimum Gasteiger partial charge on any atom is -0.393 e. The number of alkyl halides is 3. The van der Waals surface area contributed by atoms with Gasteiger partial charge >= 0.3 is 12.2 Å². The molecule has 1 aromatic carbocycles. The molecule has 0 aliphatic heterocycles. The third-order valence-electron chi connectivity index (χ3n) is 3.95. The van der Waals surface area contributed by atoms with E-state index in [1.165, 1.54) is 30.1 Å². The van der Waals surface area contributed by atoms with Crippen LogP contribution < -0.4 is 5.32 Å². The van der Waals surface area contributed by atoms with E-state index < -0.39 is 23.9 Å².